The van der Waals surface area contributed by atoms with Crippen LogP contribution in [0.4, 0.5) is 5.69 Å². The molecule has 1 aliphatic carbocycles. The number of hydrogen-bond acceptors (Lipinski definition) is 4. The molecule has 0 radical (unpaired) electrons. The van der Waals surface area contributed by atoms with Crippen LogP contribution >= 0.6 is 11.6 Å². The minimum Gasteiger partial charge on any atom is -0.391 e. The first kappa shape index (κ1) is 14.7. The number of nitro groups is 1. The molecule has 0 saturated heterocycles. The first-order valence-electron chi connectivity index (χ1n) is 6.42. The molecule has 0 unspecified atom stereocenters. The molecule has 2 rings (SSSR count). The predicted molar refractivity (Wildman–Crippen MR) is 73.8 cm³/mol. The highest BCUT2D eigenvalue weighted by Gasteiger charge is 2.27. The maximum absolute atomic E-state index is 12.1. The Kier molecular flexibility index (Phi) is 4.57. The second-order valence-corrected chi connectivity index (χ2v) is 5.21. The molecular formula is C13H15ClN2O4. The normalized spacial score (nSPS) is 22.3. The van der Waals surface area contributed by atoms with E-state index >= 15 is 0 Å². The summed E-state index contributed by atoms with van der Waals surface area (Å²) in [5.41, 5.74) is -0.248. The van der Waals surface area contributed by atoms with E-state index in [0.717, 1.165) is 12.8 Å². The van der Waals surface area contributed by atoms with Gasteiger partial charge < -0.3 is 10.4 Å². The summed E-state index contributed by atoms with van der Waals surface area (Å²) >= 11 is 5.89. The number of nitro benzene ring substituents is 1. The van der Waals surface area contributed by atoms with Crippen LogP contribution in [0.1, 0.15) is 36.0 Å². The van der Waals surface area contributed by atoms with E-state index in [1.165, 1.54) is 18.2 Å². The molecule has 0 bridgehead atoms. The topological polar surface area (TPSA) is 92.5 Å². The number of carbonyl (C=O) groups excluding carboxylic acids is 1. The molecule has 0 spiro atoms. The average molecular weight is 299 g/mol. The summed E-state index contributed by atoms with van der Waals surface area (Å²) in [5.74, 6) is -0.496. The number of halogens is 1. The van der Waals surface area contributed by atoms with Gasteiger partial charge in [-0.3, -0.25) is 14.9 Å². The largest absolute Gasteiger partial charge is 0.391 e. The van der Waals surface area contributed by atoms with Gasteiger partial charge in [0, 0.05) is 6.07 Å². The van der Waals surface area contributed by atoms with E-state index in [2.05, 4.69) is 5.32 Å². The molecular weight excluding hydrogens is 284 g/mol. The fourth-order valence-electron chi connectivity index (χ4n) is 2.36. The zero-order valence-corrected chi connectivity index (χ0v) is 11.5. The fraction of sp³-hybridized carbons (Fsp3) is 0.462. The molecule has 20 heavy (non-hydrogen) atoms. The lowest BCUT2D eigenvalue weighted by Crippen LogP contribution is -2.45. The standard InChI is InChI=1S/C13H15ClN2O4/c14-12-8(4-3-6-10(12)16(19)20)13(18)15-9-5-1-2-7-11(9)17/h3-4,6,9,11,17H,1-2,5,7H2,(H,15,18)/t9-,11-/m1/s1. The number of rotatable bonds is 3. The van der Waals surface area contributed by atoms with Gasteiger partial charge in [0.15, 0.2) is 0 Å². The molecule has 1 aromatic rings. The van der Waals surface area contributed by atoms with E-state index in [4.69, 9.17) is 11.6 Å². The van der Waals surface area contributed by atoms with Crippen molar-refractivity contribution in [2.75, 3.05) is 0 Å². The van der Waals surface area contributed by atoms with E-state index in [1.807, 2.05) is 0 Å². The zero-order chi connectivity index (χ0) is 14.7. The molecule has 2 N–H and O–H groups in total. The summed E-state index contributed by atoms with van der Waals surface area (Å²) < 4.78 is 0. The summed E-state index contributed by atoms with van der Waals surface area (Å²) in [4.78, 5) is 22.3. The zero-order valence-electron chi connectivity index (χ0n) is 10.7. The van der Waals surface area contributed by atoms with E-state index in [-0.39, 0.29) is 22.3 Å². The third-order valence-corrected chi connectivity index (χ3v) is 3.86. The lowest BCUT2D eigenvalue weighted by atomic mass is 9.92. The average Bonchev–Trinajstić information content (AvgIpc) is 2.41. The van der Waals surface area contributed by atoms with Crippen molar-refractivity contribution in [3.63, 3.8) is 0 Å². The Morgan fingerprint density at radius 2 is 2.10 bits per heavy atom. The number of aliphatic hydroxyl groups excluding tert-OH is 1. The predicted octanol–water partition coefficient (Wildman–Crippen LogP) is 2.28. The number of carbonyl (C=O) groups is 1. The van der Waals surface area contributed by atoms with Crippen LogP contribution in [0.5, 0.6) is 0 Å². The van der Waals surface area contributed by atoms with E-state index in [0.29, 0.717) is 12.8 Å². The van der Waals surface area contributed by atoms with Crippen LogP contribution in [0.15, 0.2) is 18.2 Å². The maximum Gasteiger partial charge on any atom is 0.288 e. The number of benzene rings is 1. The molecule has 1 saturated carbocycles. The van der Waals surface area contributed by atoms with Gasteiger partial charge in [0.05, 0.1) is 22.6 Å². The van der Waals surface area contributed by atoms with Crippen molar-refractivity contribution < 1.29 is 14.8 Å². The lowest BCUT2D eigenvalue weighted by Gasteiger charge is -2.28. The van der Waals surface area contributed by atoms with E-state index in [1.54, 1.807) is 0 Å². The first-order chi connectivity index (χ1) is 9.50. The third kappa shape index (κ3) is 3.08. The Balaban J connectivity index is 2.17. The van der Waals surface area contributed by atoms with Gasteiger partial charge in [-0.1, -0.05) is 30.5 Å². The van der Waals surface area contributed by atoms with Crippen LogP contribution < -0.4 is 5.32 Å². The smallest absolute Gasteiger partial charge is 0.288 e. The maximum atomic E-state index is 12.1. The minimum atomic E-state index is -0.630. The number of nitrogens with one attached hydrogen (secondary N) is 1. The summed E-state index contributed by atoms with van der Waals surface area (Å²) in [5, 5.41) is 23.1. The second kappa shape index (κ2) is 6.19. The molecule has 0 aliphatic heterocycles. The van der Waals surface area contributed by atoms with Crippen LogP contribution in [-0.4, -0.2) is 28.1 Å². The number of aliphatic hydroxyl groups is 1. The van der Waals surface area contributed by atoms with Gasteiger partial charge in [0.1, 0.15) is 5.02 Å². The Hall–Kier alpha value is -1.66. The second-order valence-electron chi connectivity index (χ2n) is 4.83. The molecule has 2 atom stereocenters. The molecule has 1 fully saturated rings. The highest BCUT2D eigenvalue weighted by Crippen LogP contribution is 2.28. The molecule has 1 aliphatic rings. The summed E-state index contributed by atoms with van der Waals surface area (Å²) in [6.07, 6.45) is 2.63. The summed E-state index contributed by atoms with van der Waals surface area (Å²) in [6, 6.07) is 3.76. The molecule has 1 aromatic carbocycles. The fourth-order valence-corrected chi connectivity index (χ4v) is 2.64. The van der Waals surface area contributed by atoms with Gasteiger partial charge in [-0.25, -0.2) is 0 Å². The van der Waals surface area contributed by atoms with Gasteiger partial charge in [-0.2, -0.15) is 0 Å². The van der Waals surface area contributed by atoms with Crippen molar-refractivity contribution >= 4 is 23.2 Å². The van der Waals surface area contributed by atoms with Crippen LogP contribution in [0.25, 0.3) is 0 Å². The Labute approximate surface area is 120 Å². The van der Waals surface area contributed by atoms with Gasteiger partial charge in [-0.05, 0) is 18.9 Å². The van der Waals surface area contributed by atoms with Gasteiger partial charge in [0.2, 0.25) is 0 Å². The number of hydrogen-bond donors (Lipinski definition) is 2. The van der Waals surface area contributed by atoms with E-state index < -0.39 is 16.9 Å². The van der Waals surface area contributed by atoms with Crippen molar-refractivity contribution in [2.24, 2.45) is 0 Å². The van der Waals surface area contributed by atoms with Crippen molar-refractivity contribution in [2.45, 2.75) is 37.8 Å². The number of amides is 1. The Bertz CT molecular complexity index is 535. The van der Waals surface area contributed by atoms with Crippen molar-refractivity contribution in [1.82, 2.24) is 5.32 Å². The molecule has 0 aromatic heterocycles. The SMILES string of the molecule is O=C(N[C@@H]1CCCC[C@H]1O)c1cccc([N+](=O)[O-])c1Cl. The van der Waals surface area contributed by atoms with Crippen LogP contribution in [0, 0.1) is 10.1 Å². The monoisotopic (exact) mass is 298 g/mol. The van der Waals surface area contributed by atoms with Gasteiger partial charge in [0.25, 0.3) is 11.6 Å². The highest BCUT2D eigenvalue weighted by atomic mass is 35.5. The van der Waals surface area contributed by atoms with Crippen molar-refractivity contribution in [3.8, 4) is 0 Å². The first-order valence-corrected chi connectivity index (χ1v) is 6.80. The number of nitrogens with zero attached hydrogens (tertiary/aromatic N) is 1. The molecule has 0 heterocycles. The molecule has 108 valence electrons. The summed E-state index contributed by atoms with van der Waals surface area (Å²) in [6.45, 7) is 0. The van der Waals surface area contributed by atoms with Crippen LogP contribution in [-0.2, 0) is 0 Å². The Morgan fingerprint density at radius 3 is 2.75 bits per heavy atom. The van der Waals surface area contributed by atoms with E-state index in [9.17, 15) is 20.0 Å². The minimum absolute atomic E-state index is 0.0543. The molecule has 7 heteroatoms. The lowest BCUT2D eigenvalue weighted by molar-refractivity contribution is -0.384. The van der Waals surface area contributed by atoms with Crippen molar-refractivity contribution in [1.29, 1.82) is 0 Å². The summed E-state index contributed by atoms with van der Waals surface area (Å²) in [7, 11) is 0. The van der Waals surface area contributed by atoms with Crippen LogP contribution in [0.2, 0.25) is 5.02 Å². The van der Waals surface area contributed by atoms with Crippen molar-refractivity contribution in [3.05, 3.63) is 38.9 Å². The third-order valence-electron chi connectivity index (χ3n) is 3.47. The van der Waals surface area contributed by atoms with Crippen LogP contribution in [0.3, 0.4) is 0 Å². The quantitative estimate of drug-likeness (QED) is 0.661. The molecule has 1 amide bonds. The van der Waals surface area contributed by atoms with Gasteiger partial charge >= 0.3 is 0 Å². The Morgan fingerprint density at radius 1 is 1.40 bits per heavy atom. The highest BCUT2D eigenvalue weighted by molar-refractivity contribution is 6.35. The van der Waals surface area contributed by atoms with Gasteiger partial charge in [-0.15, -0.1) is 0 Å². The molecule has 6 nitrogen and oxygen atoms in total.